The van der Waals surface area contributed by atoms with E-state index in [9.17, 15) is 9.59 Å². The van der Waals surface area contributed by atoms with Gasteiger partial charge in [0.2, 0.25) is 11.8 Å². The first kappa shape index (κ1) is 33.6. The van der Waals surface area contributed by atoms with Crippen LogP contribution in [-0.2, 0) is 22.4 Å². The van der Waals surface area contributed by atoms with E-state index in [2.05, 4.69) is 75.7 Å². The molecule has 0 spiro atoms. The first-order valence-corrected chi connectivity index (χ1v) is 17.9. The van der Waals surface area contributed by atoms with E-state index >= 15 is 0 Å². The van der Waals surface area contributed by atoms with Gasteiger partial charge in [-0.05, 0) is 78.9 Å². The molecule has 4 N–H and O–H groups in total. The predicted octanol–water partition coefficient (Wildman–Crippen LogP) is 3.89. The molecule has 3 fully saturated rings. The van der Waals surface area contributed by atoms with Gasteiger partial charge in [0.15, 0.2) is 11.6 Å². The summed E-state index contributed by atoms with van der Waals surface area (Å²) in [5, 5.41) is 30.3. The lowest BCUT2D eigenvalue weighted by molar-refractivity contribution is -0.116. The number of hydrogen-bond donors (Lipinski definition) is 4. The van der Waals surface area contributed by atoms with Gasteiger partial charge in [-0.15, -0.1) is 10.2 Å². The fraction of sp³-hybridized carbons (Fsp3) is 0.421. The molecule has 3 aliphatic rings. The summed E-state index contributed by atoms with van der Waals surface area (Å²) < 4.78 is 0. The monoisotopic (exact) mass is 674 g/mol. The van der Waals surface area contributed by atoms with Crippen LogP contribution in [0.3, 0.4) is 0 Å². The Morgan fingerprint density at radius 2 is 1.08 bits per heavy atom. The molecule has 2 aromatic heterocycles. The third-order valence-electron chi connectivity index (χ3n) is 9.93. The maximum Gasteiger partial charge on any atom is 0.229 e. The molecule has 7 rings (SSSR count). The number of aromatic nitrogens is 4. The second kappa shape index (κ2) is 16.2. The molecule has 1 aliphatic carbocycles. The Hall–Kier alpha value is -4.94. The Bertz CT molecular complexity index is 1610. The predicted molar refractivity (Wildman–Crippen MR) is 196 cm³/mol. The average Bonchev–Trinajstić information content (AvgIpc) is 3.16. The molecule has 2 saturated heterocycles. The summed E-state index contributed by atoms with van der Waals surface area (Å²) in [5.74, 6) is 1.19. The molecule has 12 nitrogen and oxygen atoms in total. The highest BCUT2D eigenvalue weighted by Gasteiger charge is 2.27. The lowest BCUT2D eigenvalue weighted by Gasteiger charge is -2.29. The van der Waals surface area contributed by atoms with Crippen molar-refractivity contribution in [3.63, 3.8) is 0 Å². The van der Waals surface area contributed by atoms with Gasteiger partial charge in [0.25, 0.3) is 0 Å². The summed E-state index contributed by atoms with van der Waals surface area (Å²) in [7, 11) is 0. The van der Waals surface area contributed by atoms with Crippen molar-refractivity contribution in [1.82, 2.24) is 31.0 Å². The average molecular weight is 675 g/mol. The third-order valence-corrected chi connectivity index (χ3v) is 9.93. The van der Waals surface area contributed by atoms with Gasteiger partial charge in [-0.3, -0.25) is 9.59 Å². The van der Waals surface area contributed by atoms with Crippen molar-refractivity contribution < 1.29 is 9.59 Å². The Balaban J connectivity index is 0.891. The molecule has 1 saturated carbocycles. The first-order valence-electron chi connectivity index (χ1n) is 17.9. The van der Waals surface area contributed by atoms with Crippen molar-refractivity contribution in [3.8, 4) is 0 Å². The summed E-state index contributed by atoms with van der Waals surface area (Å²) >= 11 is 0. The van der Waals surface area contributed by atoms with Crippen molar-refractivity contribution in [3.05, 3.63) is 95.3 Å². The highest BCUT2D eigenvalue weighted by atomic mass is 16.2. The van der Waals surface area contributed by atoms with Crippen LogP contribution in [0.1, 0.15) is 60.0 Å². The fourth-order valence-electron chi connectivity index (χ4n) is 7.30. The van der Waals surface area contributed by atoms with Gasteiger partial charge >= 0.3 is 0 Å². The van der Waals surface area contributed by atoms with Crippen molar-refractivity contribution in [2.24, 2.45) is 0 Å². The van der Waals surface area contributed by atoms with Crippen LogP contribution in [0, 0.1) is 0 Å². The zero-order chi connectivity index (χ0) is 34.1. The van der Waals surface area contributed by atoms with Gasteiger partial charge in [0.1, 0.15) is 0 Å². The molecular formula is C38H46N10O2. The third kappa shape index (κ3) is 8.80. The maximum absolute atomic E-state index is 12.8. The normalized spacial score (nSPS) is 19.5. The first-order chi connectivity index (χ1) is 24.6. The van der Waals surface area contributed by atoms with Gasteiger partial charge < -0.3 is 31.1 Å². The minimum absolute atomic E-state index is 0.111. The molecule has 2 aliphatic heterocycles. The molecule has 2 aromatic carbocycles. The van der Waals surface area contributed by atoms with Gasteiger partial charge in [-0.2, -0.15) is 10.2 Å². The van der Waals surface area contributed by atoms with E-state index in [1.54, 1.807) is 0 Å². The minimum Gasteiger partial charge on any atom is -0.369 e. The van der Waals surface area contributed by atoms with Gasteiger partial charge in [0, 0.05) is 75.6 Å². The highest BCUT2D eigenvalue weighted by Crippen LogP contribution is 2.40. The Morgan fingerprint density at radius 3 is 1.50 bits per heavy atom. The molecule has 4 aromatic rings. The molecule has 0 radical (unpaired) electrons. The van der Waals surface area contributed by atoms with E-state index in [0.29, 0.717) is 11.6 Å². The van der Waals surface area contributed by atoms with Crippen molar-refractivity contribution in [2.75, 3.05) is 72.8 Å². The van der Waals surface area contributed by atoms with Crippen LogP contribution in [-0.4, -0.2) is 84.6 Å². The SMILES string of the molecule is O=C(Cc1cccc(N2CCNCC2)c1)Nc1ccc(C2CCCC(c3ccc(NC(=O)Cc4cccc(N5CCNCC5)c4)nn3)C2)nn1. The summed E-state index contributed by atoms with van der Waals surface area (Å²) in [5.41, 5.74) is 6.10. The zero-order valence-corrected chi connectivity index (χ0v) is 28.5. The Morgan fingerprint density at radius 1 is 0.620 bits per heavy atom. The smallest absolute Gasteiger partial charge is 0.229 e. The second-order valence-corrected chi connectivity index (χ2v) is 13.5. The van der Waals surface area contributed by atoms with Crippen LogP contribution in [0.5, 0.6) is 0 Å². The van der Waals surface area contributed by atoms with Gasteiger partial charge in [0.05, 0.1) is 24.2 Å². The van der Waals surface area contributed by atoms with E-state index in [1.165, 1.54) is 0 Å². The topological polar surface area (TPSA) is 140 Å². The molecular weight excluding hydrogens is 628 g/mol. The van der Waals surface area contributed by atoms with Crippen LogP contribution >= 0.6 is 0 Å². The number of benzene rings is 2. The summed E-state index contributed by atoms with van der Waals surface area (Å²) in [6, 6.07) is 24.1. The van der Waals surface area contributed by atoms with Gasteiger partial charge in [-0.1, -0.05) is 30.7 Å². The van der Waals surface area contributed by atoms with Crippen LogP contribution < -0.4 is 31.1 Å². The number of rotatable bonds is 10. The van der Waals surface area contributed by atoms with Gasteiger partial charge in [-0.25, -0.2) is 0 Å². The van der Waals surface area contributed by atoms with Crippen LogP contribution in [0.2, 0.25) is 0 Å². The Labute approximate surface area is 293 Å². The standard InChI is InChI=1S/C38H46N10O2/c49-37(24-27-4-1-8-31(22-27)47-18-14-39-15-19-47)41-35-12-10-33(43-45-35)29-6-3-7-30(26-29)34-11-13-36(46-44-34)42-38(50)25-28-5-2-9-32(23-28)48-20-16-40-17-21-48/h1-2,4-5,8-13,22-23,29-30,39-40H,3,6-7,14-21,24-26H2,(H,41,45,49)(H,42,46,50). The zero-order valence-electron chi connectivity index (χ0n) is 28.5. The Kier molecular flexibility index (Phi) is 10.9. The van der Waals surface area contributed by atoms with E-state index < -0.39 is 0 Å². The largest absolute Gasteiger partial charge is 0.369 e. The van der Waals surface area contributed by atoms with Crippen LogP contribution in [0.4, 0.5) is 23.0 Å². The number of nitrogens with zero attached hydrogens (tertiary/aromatic N) is 6. The maximum atomic E-state index is 12.8. The molecule has 12 heteroatoms. The quantitative estimate of drug-likeness (QED) is 0.196. The molecule has 2 atom stereocenters. The van der Waals surface area contributed by atoms with Crippen LogP contribution in [0.25, 0.3) is 0 Å². The summed E-state index contributed by atoms with van der Waals surface area (Å²) in [6.07, 6.45) is 4.56. The lowest BCUT2D eigenvalue weighted by Crippen LogP contribution is -2.43. The number of carbonyl (C=O) groups excluding carboxylic acids is 2. The van der Waals surface area contributed by atoms with E-state index in [1.807, 2.05) is 48.5 Å². The molecule has 0 bridgehead atoms. The fourth-order valence-corrected chi connectivity index (χ4v) is 7.30. The number of hydrogen-bond acceptors (Lipinski definition) is 10. The van der Waals surface area contributed by atoms with E-state index in [-0.39, 0.29) is 36.5 Å². The molecule has 50 heavy (non-hydrogen) atoms. The number of nitrogens with one attached hydrogen (secondary N) is 4. The summed E-state index contributed by atoms with van der Waals surface area (Å²) in [4.78, 5) is 30.4. The van der Waals surface area contributed by atoms with Crippen molar-refractivity contribution >= 4 is 34.8 Å². The molecule has 2 unspecified atom stereocenters. The minimum atomic E-state index is -0.111. The van der Waals surface area contributed by atoms with E-state index in [4.69, 9.17) is 0 Å². The highest BCUT2D eigenvalue weighted by molar-refractivity contribution is 5.92. The second-order valence-electron chi connectivity index (χ2n) is 13.5. The van der Waals surface area contributed by atoms with Crippen molar-refractivity contribution in [2.45, 2.75) is 50.4 Å². The number of anilines is 4. The van der Waals surface area contributed by atoms with Crippen LogP contribution in [0.15, 0.2) is 72.8 Å². The van der Waals surface area contributed by atoms with E-state index in [0.717, 1.165) is 112 Å². The molecule has 2 amide bonds. The lowest BCUT2D eigenvalue weighted by atomic mass is 9.78. The number of amides is 2. The van der Waals surface area contributed by atoms with Crippen molar-refractivity contribution in [1.29, 1.82) is 0 Å². The summed E-state index contributed by atoms with van der Waals surface area (Å²) in [6.45, 7) is 7.74. The molecule has 260 valence electrons. The molecule has 4 heterocycles. The number of carbonyl (C=O) groups is 2. The number of piperazine rings is 2.